The van der Waals surface area contributed by atoms with Crippen LogP contribution in [0.15, 0.2) is 0 Å². The van der Waals surface area contributed by atoms with E-state index in [0.29, 0.717) is 13.0 Å². The maximum absolute atomic E-state index is 11.6. The molecule has 1 fully saturated rings. The van der Waals surface area contributed by atoms with Gasteiger partial charge in [-0.25, -0.2) is 0 Å². The Kier molecular flexibility index (Phi) is 5.40. The summed E-state index contributed by atoms with van der Waals surface area (Å²) in [7, 11) is 0. The SMILES string of the molecule is CC(C)(C)C(O)CNC(=O)CCC1CCCO1. The van der Waals surface area contributed by atoms with E-state index in [1.807, 2.05) is 20.8 Å². The van der Waals surface area contributed by atoms with Crippen LogP contribution < -0.4 is 5.32 Å². The van der Waals surface area contributed by atoms with Crippen molar-refractivity contribution < 1.29 is 14.6 Å². The molecule has 2 unspecified atom stereocenters. The van der Waals surface area contributed by atoms with Crippen molar-refractivity contribution in [3.8, 4) is 0 Å². The molecule has 0 bridgehead atoms. The van der Waals surface area contributed by atoms with Crippen LogP contribution in [0, 0.1) is 5.41 Å². The van der Waals surface area contributed by atoms with Crippen molar-refractivity contribution in [1.82, 2.24) is 5.32 Å². The minimum Gasteiger partial charge on any atom is -0.391 e. The van der Waals surface area contributed by atoms with Gasteiger partial charge in [-0.2, -0.15) is 0 Å². The van der Waals surface area contributed by atoms with Gasteiger partial charge in [-0.15, -0.1) is 0 Å². The Bertz CT molecular complexity index is 242. The van der Waals surface area contributed by atoms with Gasteiger partial charge in [0.15, 0.2) is 0 Å². The summed E-state index contributed by atoms with van der Waals surface area (Å²) in [5, 5.41) is 12.5. The van der Waals surface area contributed by atoms with Crippen LogP contribution in [0.1, 0.15) is 46.5 Å². The highest BCUT2D eigenvalue weighted by molar-refractivity contribution is 5.75. The third-order valence-electron chi connectivity index (χ3n) is 3.21. The molecule has 0 radical (unpaired) electrons. The zero-order valence-electron chi connectivity index (χ0n) is 11.2. The Labute approximate surface area is 104 Å². The van der Waals surface area contributed by atoms with Gasteiger partial charge in [0.1, 0.15) is 0 Å². The molecule has 0 aromatic heterocycles. The number of carbonyl (C=O) groups excluding carboxylic acids is 1. The normalized spacial score (nSPS) is 22.5. The predicted molar refractivity (Wildman–Crippen MR) is 66.7 cm³/mol. The van der Waals surface area contributed by atoms with Gasteiger partial charge in [0, 0.05) is 19.6 Å². The summed E-state index contributed by atoms with van der Waals surface area (Å²) in [6.07, 6.45) is 3.20. The maximum atomic E-state index is 11.6. The van der Waals surface area contributed by atoms with Crippen molar-refractivity contribution >= 4 is 5.91 Å². The van der Waals surface area contributed by atoms with Gasteiger partial charge in [0.05, 0.1) is 12.2 Å². The minimum atomic E-state index is -0.505. The van der Waals surface area contributed by atoms with Crippen molar-refractivity contribution in [3.05, 3.63) is 0 Å². The van der Waals surface area contributed by atoms with Gasteiger partial charge in [0.2, 0.25) is 5.91 Å². The van der Waals surface area contributed by atoms with Crippen molar-refractivity contribution in [2.24, 2.45) is 5.41 Å². The van der Waals surface area contributed by atoms with E-state index >= 15 is 0 Å². The first kappa shape index (κ1) is 14.5. The zero-order chi connectivity index (χ0) is 12.9. The lowest BCUT2D eigenvalue weighted by atomic mass is 9.89. The summed E-state index contributed by atoms with van der Waals surface area (Å²) in [5.74, 6) is 0.00352. The molecule has 0 aliphatic carbocycles. The highest BCUT2D eigenvalue weighted by Gasteiger charge is 2.22. The number of aliphatic hydroxyl groups is 1. The number of rotatable bonds is 5. The molecule has 1 aliphatic heterocycles. The molecule has 17 heavy (non-hydrogen) atoms. The average molecular weight is 243 g/mol. The van der Waals surface area contributed by atoms with Crippen molar-refractivity contribution in [1.29, 1.82) is 0 Å². The summed E-state index contributed by atoms with van der Waals surface area (Å²) < 4.78 is 5.45. The summed E-state index contributed by atoms with van der Waals surface area (Å²) in [4.78, 5) is 11.6. The van der Waals surface area contributed by atoms with Crippen LogP contribution >= 0.6 is 0 Å². The molecule has 1 aliphatic rings. The topological polar surface area (TPSA) is 58.6 Å². The van der Waals surface area contributed by atoms with Crippen LogP contribution in [-0.2, 0) is 9.53 Å². The van der Waals surface area contributed by atoms with E-state index in [2.05, 4.69) is 5.32 Å². The molecular weight excluding hydrogens is 218 g/mol. The lowest BCUT2D eigenvalue weighted by Crippen LogP contribution is -2.39. The third-order valence-corrected chi connectivity index (χ3v) is 3.21. The highest BCUT2D eigenvalue weighted by Crippen LogP contribution is 2.18. The van der Waals surface area contributed by atoms with Crippen LogP contribution in [0.5, 0.6) is 0 Å². The monoisotopic (exact) mass is 243 g/mol. The lowest BCUT2D eigenvalue weighted by Gasteiger charge is -2.25. The fraction of sp³-hybridized carbons (Fsp3) is 0.923. The van der Waals surface area contributed by atoms with E-state index in [9.17, 15) is 9.90 Å². The van der Waals surface area contributed by atoms with Crippen molar-refractivity contribution in [2.75, 3.05) is 13.2 Å². The molecule has 1 rings (SSSR count). The first-order valence-electron chi connectivity index (χ1n) is 6.46. The molecule has 4 nitrogen and oxygen atoms in total. The molecule has 2 N–H and O–H groups in total. The average Bonchev–Trinajstić information content (AvgIpc) is 2.74. The Morgan fingerprint density at radius 3 is 2.76 bits per heavy atom. The number of amides is 1. The number of carbonyl (C=O) groups is 1. The highest BCUT2D eigenvalue weighted by atomic mass is 16.5. The number of hydrogen-bond acceptors (Lipinski definition) is 3. The second-order valence-corrected chi connectivity index (χ2v) is 5.86. The summed E-state index contributed by atoms with van der Waals surface area (Å²) in [6, 6.07) is 0. The predicted octanol–water partition coefficient (Wildman–Crippen LogP) is 1.47. The van der Waals surface area contributed by atoms with Gasteiger partial charge in [-0.1, -0.05) is 20.8 Å². The Balaban J connectivity index is 2.12. The molecule has 2 atom stereocenters. The van der Waals surface area contributed by atoms with E-state index in [1.54, 1.807) is 0 Å². The van der Waals surface area contributed by atoms with Gasteiger partial charge in [-0.05, 0) is 24.7 Å². The van der Waals surface area contributed by atoms with E-state index in [4.69, 9.17) is 4.74 Å². The Hall–Kier alpha value is -0.610. The quantitative estimate of drug-likeness (QED) is 0.768. The Morgan fingerprint density at radius 1 is 1.53 bits per heavy atom. The van der Waals surface area contributed by atoms with Gasteiger partial charge in [-0.3, -0.25) is 4.79 Å². The summed E-state index contributed by atoms with van der Waals surface area (Å²) in [6.45, 7) is 7.02. The maximum Gasteiger partial charge on any atom is 0.220 e. The standard InChI is InChI=1S/C13H25NO3/c1-13(2,3)11(15)9-14-12(16)7-6-10-5-4-8-17-10/h10-11,15H,4-9H2,1-3H3,(H,14,16). The Morgan fingerprint density at radius 2 is 2.24 bits per heavy atom. The number of nitrogens with one attached hydrogen (secondary N) is 1. The largest absolute Gasteiger partial charge is 0.391 e. The van der Waals surface area contributed by atoms with Gasteiger partial charge >= 0.3 is 0 Å². The van der Waals surface area contributed by atoms with Gasteiger partial charge < -0.3 is 15.2 Å². The van der Waals surface area contributed by atoms with Crippen LogP contribution in [-0.4, -0.2) is 36.4 Å². The number of hydrogen-bond donors (Lipinski definition) is 2. The second-order valence-electron chi connectivity index (χ2n) is 5.86. The fourth-order valence-corrected chi connectivity index (χ4v) is 1.77. The summed E-state index contributed by atoms with van der Waals surface area (Å²) in [5.41, 5.74) is -0.193. The smallest absolute Gasteiger partial charge is 0.220 e. The van der Waals surface area contributed by atoms with E-state index in [0.717, 1.165) is 25.9 Å². The summed E-state index contributed by atoms with van der Waals surface area (Å²) >= 11 is 0. The minimum absolute atomic E-state index is 0.00352. The molecule has 1 amide bonds. The molecule has 0 spiro atoms. The van der Waals surface area contributed by atoms with E-state index in [-0.39, 0.29) is 17.4 Å². The lowest BCUT2D eigenvalue weighted by molar-refractivity contribution is -0.122. The number of ether oxygens (including phenoxy) is 1. The van der Waals surface area contributed by atoms with Crippen LogP contribution in [0.25, 0.3) is 0 Å². The molecule has 0 aromatic rings. The first-order chi connectivity index (χ1) is 7.89. The third kappa shape index (κ3) is 5.50. The van der Waals surface area contributed by atoms with Gasteiger partial charge in [0.25, 0.3) is 0 Å². The molecule has 1 heterocycles. The van der Waals surface area contributed by atoms with Crippen molar-refractivity contribution in [2.45, 2.75) is 58.7 Å². The zero-order valence-corrected chi connectivity index (χ0v) is 11.2. The van der Waals surface area contributed by atoms with Crippen LogP contribution in [0.4, 0.5) is 0 Å². The molecule has 4 heteroatoms. The van der Waals surface area contributed by atoms with Crippen LogP contribution in [0.2, 0.25) is 0 Å². The molecule has 100 valence electrons. The second kappa shape index (κ2) is 6.36. The number of aliphatic hydroxyl groups excluding tert-OH is 1. The van der Waals surface area contributed by atoms with Crippen molar-refractivity contribution in [3.63, 3.8) is 0 Å². The van der Waals surface area contributed by atoms with Crippen LogP contribution in [0.3, 0.4) is 0 Å². The van der Waals surface area contributed by atoms with E-state index < -0.39 is 6.10 Å². The first-order valence-corrected chi connectivity index (χ1v) is 6.46. The molecule has 0 saturated carbocycles. The fourth-order valence-electron chi connectivity index (χ4n) is 1.77. The molecular formula is C13H25NO3. The molecule has 1 saturated heterocycles. The van der Waals surface area contributed by atoms with E-state index in [1.165, 1.54) is 0 Å². The molecule has 0 aromatic carbocycles.